The van der Waals surface area contributed by atoms with Gasteiger partial charge in [-0.25, -0.2) is 4.98 Å². The topological polar surface area (TPSA) is 109 Å². The van der Waals surface area contributed by atoms with E-state index in [-0.39, 0.29) is 11.9 Å². The largest absolute Gasteiger partial charge is 0.496 e. The number of likely N-dealkylation sites (N-methyl/N-ethyl adjacent to an activating group) is 1. The summed E-state index contributed by atoms with van der Waals surface area (Å²) in [5.74, 6) is 1.33. The predicted octanol–water partition coefficient (Wildman–Crippen LogP) is 6.29. The van der Waals surface area contributed by atoms with Gasteiger partial charge in [-0.15, -0.1) is 0 Å². The van der Waals surface area contributed by atoms with Crippen molar-refractivity contribution in [1.82, 2.24) is 25.5 Å². The van der Waals surface area contributed by atoms with Crippen LogP contribution in [0.4, 0.5) is 0 Å². The minimum atomic E-state index is -0.431. The molecule has 0 radical (unpaired) electrons. The summed E-state index contributed by atoms with van der Waals surface area (Å²) in [6, 6.07) is 15.7. The molecule has 0 spiro atoms. The Morgan fingerprint density at radius 3 is 2.55 bits per heavy atom. The highest BCUT2D eigenvalue weighted by molar-refractivity contribution is 6.39. The van der Waals surface area contributed by atoms with Gasteiger partial charge in [0.15, 0.2) is 0 Å². The third-order valence-corrected chi connectivity index (χ3v) is 9.10. The van der Waals surface area contributed by atoms with Crippen LogP contribution in [-0.4, -0.2) is 72.4 Å². The average Bonchev–Trinajstić information content (AvgIpc) is 3.46. The molecule has 9 nitrogen and oxygen atoms in total. The lowest BCUT2D eigenvalue weighted by Crippen LogP contribution is -2.35. The number of carbonyl (C=O) groups is 1. The zero-order valence-corrected chi connectivity index (χ0v) is 28.9. The molecule has 3 heterocycles. The summed E-state index contributed by atoms with van der Waals surface area (Å²) in [4.78, 5) is 23.0. The number of ether oxygens (including phenoxy) is 2. The lowest BCUT2D eigenvalue weighted by Gasteiger charge is -2.22. The van der Waals surface area contributed by atoms with E-state index in [1.54, 1.807) is 27.3 Å². The van der Waals surface area contributed by atoms with E-state index in [4.69, 9.17) is 37.7 Å². The number of hydrogen-bond acceptors (Lipinski definition) is 8. The quantitative estimate of drug-likeness (QED) is 0.152. The number of rotatable bonds is 13. The molecule has 4 aromatic rings. The summed E-state index contributed by atoms with van der Waals surface area (Å²) in [6.45, 7) is 6.21. The fraction of sp³-hybridized carbons (Fsp3) is 0.361. The highest BCUT2D eigenvalue weighted by atomic mass is 35.5. The molecule has 11 heteroatoms. The van der Waals surface area contributed by atoms with Gasteiger partial charge in [0.05, 0.1) is 41.8 Å². The molecule has 248 valence electrons. The van der Waals surface area contributed by atoms with Crippen molar-refractivity contribution in [3.8, 4) is 45.3 Å². The lowest BCUT2D eigenvalue weighted by atomic mass is 9.97. The number of aliphatic hydroxyl groups is 1. The van der Waals surface area contributed by atoms with Crippen LogP contribution in [0.25, 0.3) is 33.6 Å². The fourth-order valence-electron chi connectivity index (χ4n) is 6.02. The number of halogens is 2. The van der Waals surface area contributed by atoms with Gasteiger partial charge < -0.3 is 25.2 Å². The van der Waals surface area contributed by atoms with E-state index in [0.29, 0.717) is 59.9 Å². The summed E-state index contributed by atoms with van der Waals surface area (Å²) >= 11 is 14.2. The summed E-state index contributed by atoms with van der Waals surface area (Å²) in [5, 5.41) is 17.2. The third-order valence-electron chi connectivity index (χ3n) is 8.31. The molecule has 2 aromatic carbocycles. The average molecular weight is 679 g/mol. The molecule has 1 fully saturated rings. The first kappa shape index (κ1) is 34.6. The van der Waals surface area contributed by atoms with E-state index in [9.17, 15) is 9.90 Å². The van der Waals surface area contributed by atoms with E-state index in [1.165, 1.54) is 0 Å². The summed E-state index contributed by atoms with van der Waals surface area (Å²) in [7, 11) is 5.22. The Hall–Kier alpha value is -3.73. The Morgan fingerprint density at radius 2 is 1.85 bits per heavy atom. The van der Waals surface area contributed by atoms with Gasteiger partial charge in [0.1, 0.15) is 5.75 Å². The van der Waals surface area contributed by atoms with Gasteiger partial charge in [0.2, 0.25) is 11.8 Å². The Labute approximate surface area is 286 Å². The van der Waals surface area contributed by atoms with Gasteiger partial charge in [-0.1, -0.05) is 47.5 Å². The van der Waals surface area contributed by atoms with Gasteiger partial charge in [-0.2, -0.15) is 0 Å². The maximum atomic E-state index is 11.5. The van der Waals surface area contributed by atoms with Gasteiger partial charge in [0, 0.05) is 78.2 Å². The molecular formula is C36H41Cl2N5O4. The first-order chi connectivity index (χ1) is 22.6. The van der Waals surface area contributed by atoms with Crippen LogP contribution in [0.15, 0.2) is 54.7 Å². The van der Waals surface area contributed by atoms with E-state index in [2.05, 4.69) is 26.6 Å². The van der Waals surface area contributed by atoms with Crippen molar-refractivity contribution in [2.45, 2.75) is 51.9 Å². The number of aliphatic hydroxyl groups excluding tert-OH is 1. The standard InChI is InChI=1S/C36H41Cl2N5O4/c1-21-15-24(16-31(46-4)29(21)20-43(3)19-22(2)44)35-34(38)27(13-14-40-35)26-7-6-8-28(33(26)37)30-11-9-23(36(42-30)47-5)17-39-18-25-10-12-32(45)41-25/h6-9,11,13-16,22,25,39,44H,10,12,17-20H2,1-5H3,(H,41,45)/t22-,25-/m1/s1. The number of aryl methyl sites for hydroxylation is 1. The molecule has 1 aliphatic heterocycles. The van der Waals surface area contributed by atoms with Crippen molar-refractivity contribution in [3.05, 3.63) is 81.5 Å². The maximum absolute atomic E-state index is 11.5. The highest BCUT2D eigenvalue weighted by Gasteiger charge is 2.22. The highest BCUT2D eigenvalue weighted by Crippen LogP contribution is 2.42. The van der Waals surface area contributed by atoms with Crippen LogP contribution in [-0.2, 0) is 17.9 Å². The van der Waals surface area contributed by atoms with Crippen LogP contribution in [0.1, 0.15) is 36.5 Å². The molecule has 2 aromatic heterocycles. The van der Waals surface area contributed by atoms with E-state index < -0.39 is 6.10 Å². The van der Waals surface area contributed by atoms with Gasteiger partial charge in [0.25, 0.3) is 0 Å². The summed E-state index contributed by atoms with van der Waals surface area (Å²) in [5.41, 5.74) is 7.32. The Morgan fingerprint density at radius 1 is 1.09 bits per heavy atom. The van der Waals surface area contributed by atoms with Crippen molar-refractivity contribution in [2.75, 3.05) is 34.4 Å². The van der Waals surface area contributed by atoms with Crippen LogP contribution >= 0.6 is 23.2 Å². The van der Waals surface area contributed by atoms with Crippen molar-refractivity contribution in [1.29, 1.82) is 0 Å². The minimum Gasteiger partial charge on any atom is -0.496 e. The van der Waals surface area contributed by atoms with Crippen molar-refractivity contribution in [3.63, 3.8) is 0 Å². The molecule has 1 aliphatic rings. The molecule has 0 aliphatic carbocycles. The molecule has 0 saturated carbocycles. The lowest BCUT2D eigenvalue weighted by molar-refractivity contribution is -0.119. The van der Waals surface area contributed by atoms with Gasteiger partial charge >= 0.3 is 0 Å². The normalized spacial score (nSPS) is 15.2. The molecule has 47 heavy (non-hydrogen) atoms. The number of amides is 1. The number of benzene rings is 2. The predicted molar refractivity (Wildman–Crippen MR) is 187 cm³/mol. The van der Waals surface area contributed by atoms with Crippen LogP contribution in [0, 0.1) is 6.92 Å². The molecule has 1 saturated heterocycles. The van der Waals surface area contributed by atoms with E-state index in [0.717, 1.165) is 51.1 Å². The number of hydrogen-bond donors (Lipinski definition) is 3. The second-order valence-electron chi connectivity index (χ2n) is 12.0. The van der Waals surface area contributed by atoms with Crippen LogP contribution in [0.3, 0.4) is 0 Å². The number of carbonyl (C=O) groups excluding carboxylic acids is 1. The number of aromatic nitrogens is 2. The monoisotopic (exact) mass is 677 g/mol. The molecular weight excluding hydrogens is 637 g/mol. The third kappa shape index (κ3) is 8.05. The summed E-state index contributed by atoms with van der Waals surface area (Å²) < 4.78 is 11.4. The molecule has 2 atom stereocenters. The van der Waals surface area contributed by atoms with Gasteiger partial charge in [-0.3, -0.25) is 14.7 Å². The molecule has 5 rings (SSSR count). The molecule has 3 N–H and O–H groups in total. The Kier molecular flexibility index (Phi) is 11.4. The number of pyridine rings is 2. The van der Waals surface area contributed by atoms with Gasteiger partial charge in [-0.05, 0) is 57.1 Å². The minimum absolute atomic E-state index is 0.0990. The zero-order chi connectivity index (χ0) is 33.7. The van der Waals surface area contributed by atoms with Crippen molar-refractivity contribution < 1.29 is 19.4 Å². The molecule has 1 amide bonds. The number of methoxy groups -OCH3 is 2. The van der Waals surface area contributed by atoms with Crippen LogP contribution in [0.2, 0.25) is 10.0 Å². The van der Waals surface area contributed by atoms with Crippen molar-refractivity contribution >= 4 is 29.1 Å². The zero-order valence-electron chi connectivity index (χ0n) is 27.4. The second-order valence-corrected chi connectivity index (χ2v) is 12.8. The van der Waals surface area contributed by atoms with Crippen LogP contribution in [0.5, 0.6) is 11.6 Å². The van der Waals surface area contributed by atoms with E-state index in [1.807, 2.05) is 56.4 Å². The van der Waals surface area contributed by atoms with E-state index >= 15 is 0 Å². The fourth-order valence-corrected chi connectivity index (χ4v) is 6.67. The smallest absolute Gasteiger partial charge is 0.220 e. The van der Waals surface area contributed by atoms with Crippen molar-refractivity contribution in [2.24, 2.45) is 0 Å². The SMILES string of the molecule is COc1cc(-c2nccc(-c3cccc(-c4ccc(CNC[C@H]5CCC(=O)N5)c(OC)n4)c3Cl)c2Cl)cc(C)c1CN(C)C[C@@H](C)O. The maximum Gasteiger partial charge on any atom is 0.220 e. The first-order valence-corrected chi connectivity index (χ1v) is 16.4. The number of nitrogens with zero attached hydrogens (tertiary/aromatic N) is 3. The Balaban J connectivity index is 1.42. The van der Waals surface area contributed by atoms with Crippen LogP contribution < -0.4 is 20.1 Å². The number of nitrogens with one attached hydrogen (secondary N) is 2. The second kappa shape index (κ2) is 15.4. The Bertz CT molecular complexity index is 1750. The summed E-state index contributed by atoms with van der Waals surface area (Å²) in [6.07, 6.45) is 2.71. The first-order valence-electron chi connectivity index (χ1n) is 15.6. The molecule has 0 bridgehead atoms. The molecule has 0 unspecified atom stereocenters.